The summed E-state index contributed by atoms with van der Waals surface area (Å²) in [5.41, 5.74) is 0.620. The summed E-state index contributed by atoms with van der Waals surface area (Å²) >= 11 is 0. The lowest BCUT2D eigenvalue weighted by Gasteiger charge is -2.29. The molecule has 0 spiro atoms. The maximum Gasteiger partial charge on any atom is 0.275 e. The minimum atomic E-state index is -3.65. The smallest absolute Gasteiger partial charge is 0.275 e. The molecule has 1 amide bonds. The molecule has 1 aliphatic rings. The number of aliphatic hydroxyl groups is 1. The van der Waals surface area contributed by atoms with Gasteiger partial charge in [-0.15, -0.1) is 0 Å². The number of aliphatic hydroxyl groups excluding tert-OH is 1. The highest BCUT2D eigenvalue weighted by molar-refractivity contribution is 7.89. The lowest BCUT2D eigenvalue weighted by Crippen LogP contribution is -2.42. The first-order valence-corrected chi connectivity index (χ1v) is 9.26. The second-order valence-electron chi connectivity index (χ2n) is 5.73. The summed E-state index contributed by atoms with van der Waals surface area (Å²) in [6, 6.07) is 5.90. The summed E-state index contributed by atoms with van der Waals surface area (Å²) in [4.78, 5) is 19.9. The van der Waals surface area contributed by atoms with Gasteiger partial charge < -0.3 is 10.4 Å². The highest BCUT2D eigenvalue weighted by atomic mass is 32.2. The Balaban J connectivity index is 1.72. The van der Waals surface area contributed by atoms with Crippen molar-refractivity contribution >= 4 is 21.6 Å². The van der Waals surface area contributed by atoms with Crippen LogP contribution in [0.3, 0.4) is 0 Å². The Morgan fingerprint density at radius 3 is 2.64 bits per heavy atom. The van der Waals surface area contributed by atoms with Crippen LogP contribution in [-0.2, 0) is 10.0 Å². The first kappa shape index (κ1) is 17.5. The normalized spacial score (nSPS) is 18.7. The van der Waals surface area contributed by atoms with Crippen molar-refractivity contribution in [2.45, 2.75) is 23.8 Å². The molecule has 132 valence electrons. The highest BCUT2D eigenvalue weighted by Crippen LogP contribution is 2.22. The quantitative estimate of drug-likeness (QED) is 0.835. The summed E-state index contributed by atoms with van der Waals surface area (Å²) in [6.07, 6.45) is 4.84. The fraction of sp³-hybridized carbons (Fsp3) is 0.312. The molecule has 1 aliphatic heterocycles. The van der Waals surface area contributed by atoms with E-state index in [0.29, 0.717) is 25.1 Å². The van der Waals surface area contributed by atoms with E-state index in [-0.39, 0.29) is 17.1 Å². The molecule has 2 heterocycles. The molecule has 1 aromatic carbocycles. The molecule has 1 aromatic heterocycles. The molecule has 2 aromatic rings. The third-order valence-electron chi connectivity index (χ3n) is 3.91. The molecule has 25 heavy (non-hydrogen) atoms. The molecule has 8 nitrogen and oxygen atoms in total. The van der Waals surface area contributed by atoms with Gasteiger partial charge in [0.05, 0.1) is 17.2 Å². The molecule has 2 N–H and O–H groups in total. The molecular formula is C16H18N4O4S. The minimum Gasteiger partial charge on any atom is -0.392 e. The monoisotopic (exact) mass is 362 g/mol. The summed E-state index contributed by atoms with van der Waals surface area (Å²) in [5.74, 6) is -0.428. The van der Waals surface area contributed by atoms with Gasteiger partial charge in [0, 0.05) is 31.2 Å². The Morgan fingerprint density at radius 2 is 2.00 bits per heavy atom. The second kappa shape index (κ2) is 7.26. The number of hydrogen-bond acceptors (Lipinski definition) is 6. The van der Waals surface area contributed by atoms with Crippen molar-refractivity contribution in [2.24, 2.45) is 0 Å². The number of β-amino-alcohol motifs (C(OH)–C–C–N with tert-alkyl or cyclic N) is 1. The summed E-state index contributed by atoms with van der Waals surface area (Å²) in [7, 11) is -3.65. The molecule has 0 bridgehead atoms. The molecule has 9 heteroatoms. The zero-order valence-corrected chi connectivity index (χ0v) is 14.2. The standard InChI is InChI=1S/C16H18N4O4S/c21-13-2-1-9-20(11-13)25(23,24)14-5-3-12(4-6-14)19-16(22)15-10-17-7-8-18-15/h3-8,10,13,21H,1-2,9,11H2,(H,19,22)/t13-/m1/s1. The predicted molar refractivity (Wildman–Crippen MR) is 90.4 cm³/mol. The first-order valence-electron chi connectivity index (χ1n) is 7.82. The number of carbonyl (C=O) groups is 1. The van der Waals surface area contributed by atoms with Crippen molar-refractivity contribution in [3.63, 3.8) is 0 Å². The van der Waals surface area contributed by atoms with Gasteiger partial charge in [-0.2, -0.15) is 4.31 Å². The SMILES string of the molecule is O=C(Nc1ccc(S(=O)(=O)N2CCC[C@@H](O)C2)cc1)c1cnccn1. The van der Waals surface area contributed by atoms with Gasteiger partial charge in [-0.05, 0) is 37.1 Å². The van der Waals surface area contributed by atoms with Crippen LogP contribution in [0.1, 0.15) is 23.3 Å². The fourth-order valence-electron chi connectivity index (χ4n) is 2.61. The van der Waals surface area contributed by atoms with Crippen LogP contribution >= 0.6 is 0 Å². The maximum absolute atomic E-state index is 12.6. The van der Waals surface area contributed by atoms with E-state index in [2.05, 4.69) is 15.3 Å². The van der Waals surface area contributed by atoms with E-state index >= 15 is 0 Å². The maximum atomic E-state index is 12.6. The van der Waals surface area contributed by atoms with Gasteiger partial charge in [-0.1, -0.05) is 0 Å². The van der Waals surface area contributed by atoms with Crippen LogP contribution in [0.15, 0.2) is 47.8 Å². The third-order valence-corrected chi connectivity index (χ3v) is 5.78. The summed E-state index contributed by atoms with van der Waals surface area (Å²) in [6.45, 7) is 0.498. The van der Waals surface area contributed by atoms with Crippen LogP contribution in [0, 0.1) is 0 Å². The number of benzene rings is 1. The minimum absolute atomic E-state index is 0.105. The Labute approximate surface area is 145 Å². The van der Waals surface area contributed by atoms with Crippen LogP contribution in [-0.4, -0.2) is 52.9 Å². The van der Waals surface area contributed by atoms with Crippen LogP contribution < -0.4 is 5.32 Å². The number of carbonyl (C=O) groups excluding carboxylic acids is 1. The number of nitrogens with zero attached hydrogens (tertiary/aromatic N) is 3. The van der Waals surface area contributed by atoms with Crippen molar-refractivity contribution < 1.29 is 18.3 Å². The Morgan fingerprint density at radius 1 is 1.24 bits per heavy atom. The molecule has 0 aliphatic carbocycles. The van der Waals surface area contributed by atoms with Crippen LogP contribution in [0.2, 0.25) is 0 Å². The van der Waals surface area contributed by atoms with E-state index in [9.17, 15) is 18.3 Å². The van der Waals surface area contributed by atoms with Gasteiger partial charge in [0.1, 0.15) is 5.69 Å². The van der Waals surface area contributed by atoms with Crippen molar-refractivity contribution in [3.05, 3.63) is 48.5 Å². The molecule has 1 saturated heterocycles. The number of hydrogen-bond donors (Lipinski definition) is 2. The number of rotatable bonds is 4. The number of nitrogens with one attached hydrogen (secondary N) is 1. The molecule has 1 fully saturated rings. The molecule has 1 atom stereocenters. The van der Waals surface area contributed by atoms with Gasteiger partial charge in [-0.25, -0.2) is 13.4 Å². The zero-order chi connectivity index (χ0) is 17.9. The van der Waals surface area contributed by atoms with E-state index in [1.165, 1.54) is 47.2 Å². The average molecular weight is 362 g/mol. The van der Waals surface area contributed by atoms with Crippen molar-refractivity contribution in [1.82, 2.24) is 14.3 Å². The van der Waals surface area contributed by atoms with Gasteiger partial charge in [0.2, 0.25) is 10.0 Å². The lowest BCUT2D eigenvalue weighted by molar-refractivity contribution is 0.102. The number of aromatic nitrogens is 2. The predicted octanol–water partition coefficient (Wildman–Crippen LogP) is 0.874. The first-order chi connectivity index (χ1) is 12.0. The Kier molecular flexibility index (Phi) is 5.07. The Bertz CT molecular complexity index is 840. The van der Waals surface area contributed by atoms with E-state index in [4.69, 9.17) is 0 Å². The molecule has 0 unspecified atom stereocenters. The Hall–Kier alpha value is -2.36. The molecular weight excluding hydrogens is 344 g/mol. The molecule has 3 rings (SSSR count). The van der Waals surface area contributed by atoms with Crippen LogP contribution in [0.25, 0.3) is 0 Å². The molecule has 0 radical (unpaired) electrons. The highest BCUT2D eigenvalue weighted by Gasteiger charge is 2.29. The van der Waals surface area contributed by atoms with Crippen LogP contribution in [0.4, 0.5) is 5.69 Å². The third kappa shape index (κ3) is 4.01. The second-order valence-corrected chi connectivity index (χ2v) is 7.67. The lowest BCUT2D eigenvalue weighted by atomic mass is 10.1. The number of anilines is 1. The van der Waals surface area contributed by atoms with E-state index < -0.39 is 22.0 Å². The van der Waals surface area contributed by atoms with E-state index in [1.807, 2.05) is 0 Å². The number of amides is 1. The summed E-state index contributed by atoms with van der Waals surface area (Å²) in [5, 5.41) is 12.3. The number of sulfonamides is 1. The summed E-state index contributed by atoms with van der Waals surface area (Å²) < 4.78 is 26.5. The van der Waals surface area contributed by atoms with Crippen molar-refractivity contribution in [3.8, 4) is 0 Å². The number of piperidine rings is 1. The van der Waals surface area contributed by atoms with Gasteiger partial charge in [0.25, 0.3) is 5.91 Å². The molecule has 0 saturated carbocycles. The van der Waals surface area contributed by atoms with E-state index in [0.717, 1.165) is 0 Å². The zero-order valence-electron chi connectivity index (χ0n) is 13.4. The van der Waals surface area contributed by atoms with Crippen LogP contribution in [0.5, 0.6) is 0 Å². The van der Waals surface area contributed by atoms with Crippen molar-refractivity contribution in [1.29, 1.82) is 0 Å². The van der Waals surface area contributed by atoms with Gasteiger partial charge in [-0.3, -0.25) is 9.78 Å². The topological polar surface area (TPSA) is 112 Å². The van der Waals surface area contributed by atoms with Crippen molar-refractivity contribution in [2.75, 3.05) is 18.4 Å². The van der Waals surface area contributed by atoms with Gasteiger partial charge >= 0.3 is 0 Å². The fourth-order valence-corrected chi connectivity index (χ4v) is 4.13. The largest absolute Gasteiger partial charge is 0.392 e. The van der Waals surface area contributed by atoms with E-state index in [1.54, 1.807) is 0 Å². The average Bonchev–Trinajstić information content (AvgIpc) is 2.63. The van der Waals surface area contributed by atoms with Gasteiger partial charge in [0.15, 0.2) is 0 Å².